The average Bonchev–Trinajstić information content (AvgIpc) is 3.23. The van der Waals surface area contributed by atoms with Crippen LogP contribution in [0.3, 0.4) is 0 Å². The van der Waals surface area contributed by atoms with Crippen LogP contribution >= 0.6 is 0 Å². The first-order chi connectivity index (χ1) is 15.1. The Kier molecular flexibility index (Phi) is 7.19. The standard InChI is InChI=1S/C23H31FN4O3/c1-30-16-22-14-20(26-31-22)12-18-15-25-7-6-17(18)13-23(29)28-10-8-27(9-11-28)21-4-2-19(24)3-5-21/h2-5,14,17-18,25H,6-13,15-16H2,1H3/t17-,18+/m0/s1. The molecule has 7 nitrogen and oxygen atoms in total. The summed E-state index contributed by atoms with van der Waals surface area (Å²) in [7, 11) is 1.63. The molecule has 0 aliphatic carbocycles. The number of piperazine rings is 1. The summed E-state index contributed by atoms with van der Waals surface area (Å²) in [6.45, 7) is 5.21. The predicted octanol–water partition coefficient (Wildman–Crippen LogP) is 2.47. The number of carbonyl (C=O) groups excluding carboxylic acids is 1. The van der Waals surface area contributed by atoms with Crippen LogP contribution in [-0.4, -0.2) is 62.3 Å². The van der Waals surface area contributed by atoms with E-state index >= 15 is 0 Å². The molecule has 168 valence electrons. The predicted molar refractivity (Wildman–Crippen MR) is 115 cm³/mol. The molecule has 2 saturated heterocycles. The minimum Gasteiger partial charge on any atom is -0.377 e. The van der Waals surface area contributed by atoms with Crippen molar-refractivity contribution in [1.82, 2.24) is 15.4 Å². The van der Waals surface area contributed by atoms with Crippen LogP contribution in [0.1, 0.15) is 24.3 Å². The van der Waals surface area contributed by atoms with E-state index in [-0.39, 0.29) is 11.7 Å². The molecule has 2 aliphatic rings. The van der Waals surface area contributed by atoms with Gasteiger partial charge >= 0.3 is 0 Å². The van der Waals surface area contributed by atoms with Gasteiger partial charge in [0.05, 0.1) is 5.69 Å². The normalized spacial score (nSPS) is 22.0. The van der Waals surface area contributed by atoms with E-state index in [0.29, 0.717) is 38.0 Å². The Balaban J connectivity index is 1.29. The number of halogens is 1. The van der Waals surface area contributed by atoms with Gasteiger partial charge in [0.15, 0.2) is 5.76 Å². The molecule has 0 bridgehead atoms. The Morgan fingerprint density at radius 2 is 2.00 bits per heavy atom. The molecule has 31 heavy (non-hydrogen) atoms. The lowest BCUT2D eigenvalue weighted by atomic mass is 9.81. The first-order valence-electron chi connectivity index (χ1n) is 11.0. The second-order valence-corrected chi connectivity index (χ2v) is 8.48. The molecule has 4 rings (SSSR count). The SMILES string of the molecule is COCc1cc(C[C@@H]2CNCC[C@H]2CC(=O)N2CCN(c3ccc(F)cc3)CC2)no1. The van der Waals surface area contributed by atoms with Crippen molar-refractivity contribution < 1.29 is 18.4 Å². The number of nitrogens with one attached hydrogen (secondary N) is 1. The molecule has 1 aromatic heterocycles. The minimum atomic E-state index is -0.227. The van der Waals surface area contributed by atoms with Crippen LogP contribution in [0.5, 0.6) is 0 Å². The van der Waals surface area contributed by atoms with Gasteiger partial charge in [0.2, 0.25) is 5.91 Å². The van der Waals surface area contributed by atoms with Crippen molar-refractivity contribution in [3.8, 4) is 0 Å². The lowest BCUT2D eigenvalue weighted by Crippen LogP contribution is -2.50. The first kappa shape index (κ1) is 21.8. The van der Waals surface area contributed by atoms with Gasteiger partial charge in [0.25, 0.3) is 0 Å². The van der Waals surface area contributed by atoms with E-state index in [1.54, 1.807) is 19.2 Å². The summed E-state index contributed by atoms with van der Waals surface area (Å²) >= 11 is 0. The molecular formula is C23H31FN4O3. The number of hydrogen-bond donors (Lipinski definition) is 1. The van der Waals surface area contributed by atoms with Gasteiger partial charge in [-0.2, -0.15) is 0 Å². The van der Waals surface area contributed by atoms with Crippen molar-refractivity contribution in [3.63, 3.8) is 0 Å². The fraction of sp³-hybridized carbons (Fsp3) is 0.565. The zero-order chi connectivity index (χ0) is 21.6. The molecule has 0 saturated carbocycles. The van der Waals surface area contributed by atoms with Crippen molar-refractivity contribution in [1.29, 1.82) is 0 Å². The quantitative estimate of drug-likeness (QED) is 0.728. The molecule has 0 radical (unpaired) electrons. The fourth-order valence-corrected chi connectivity index (χ4v) is 4.64. The van der Waals surface area contributed by atoms with E-state index in [4.69, 9.17) is 9.26 Å². The molecule has 1 N–H and O–H groups in total. The van der Waals surface area contributed by atoms with Gasteiger partial charge < -0.3 is 24.4 Å². The number of piperidine rings is 1. The Morgan fingerprint density at radius 1 is 1.23 bits per heavy atom. The second kappa shape index (κ2) is 10.2. The molecule has 2 atom stereocenters. The van der Waals surface area contributed by atoms with E-state index in [0.717, 1.165) is 56.2 Å². The van der Waals surface area contributed by atoms with Crippen LogP contribution < -0.4 is 10.2 Å². The molecule has 2 aliphatic heterocycles. The summed E-state index contributed by atoms with van der Waals surface area (Å²) < 4.78 is 23.6. The number of carbonyl (C=O) groups is 1. The molecule has 1 aromatic carbocycles. The molecule has 3 heterocycles. The molecule has 2 fully saturated rings. The van der Waals surface area contributed by atoms with Crippen molar-refractivity contribution >= 4 is 11.6 Å². The Labute approximate surface area is 182 Å². The number of rotatable bonds is 7. The van der Waals surface area contributed by atoms with Crippen molar-refractivity contribution in [2.75, 3.05) is 51.3 Å². The summed E-state index contributed by atoms with van der Waals surface area (Å²) in [5.74, 6) is 1.43. The van der Waals surface area contributed by atoms with E-state index in [9.17, 15) is 9.18 Å². The maximum absolute atomic E-state index is 13.2. The number of amides is 1. The van der Waals surface area contributed by atoms with Crippen LogP contribution in [0.2, 0.25) is 0 Å². The number of methoxy groups -OCH3 is 1. The highest BCUT2D eigenvalue weighted by Gasteiger charge is 2.30. The zero-order valence-corrected chi connectivity index (χ0v) is 18.1. The lowest BCUT2D eigenvalue weighted by molar-refractivity contribution is -0.133. The smallest absolute Gasteiger partial charge is 0.222 e. The summed E-state index contributed by atoms with van der Waals surface area (Å²) in [6, 6.07) is 8.52. The molecule has 1 amide bonds. The van der Waals surface area contributed by atoms with E-state index in [2.05, 4.69) is 15.4 Å². The highest BCUT2D eigenvalue weighted by Crippen LogP contribution is 2.27. The monoisotopic (exact) mass is 430 g/mol. The molecular weight excluding hydrogens is 399 g/mol. The van der Waals surface area contributed by atoms with Crippen LogP contribution in [-0.2, 0) is 22.6 Å². The largest absolute Gasteiger partial charge is 0.377 e. The van der Waals surface area contributed by atoms with Crippen LogP contribution in [0.4, 0.5) is 10.1 Å². The van der Waals surface area contributed by atoms with Crippen molar-refractivity contribution in [2.45, 2.75) is 25.9 Å². The van der Waals surface area contributed by atoms with Crippen LogP contribution in [0.25, 0.3) is 0 Å². The molecule has 2 aromatic rings. The number of hydrogen-bond acceptors (Lipinski definition) is 6. The topological polar surface area (TPSA) is 70.8 Å². The van der Waals surface area contributed by atoms with Crippen molar-refractivity contribution in [3.05, 3.63) is 47.6 Å². The third-order valence-electron chi connectivity index (χ3n) is 6.39. The number of nitrogens with zero attached hydrogens (tertiary/aromatic N) is 3. The number of anilines is 1. The summed E-state index contributed by atoms with van der Waals surface area (Å²) in [6.07, 6.45) is 2.37. The van der Waals surface area contributed by atoms with Crippen LogP contribution in [0, 0.1) is 17.7 Å². The zero-order valence-electron chi connectivity index (χ0n) is 18.1. The Hall–Kier alpha value is -2.45. The van der Waals surface area contributed by atoms with E-state index < -0.39 is 0 Å². The second-order valence-electron chi connectivity index (χ2n) is 8.48. The Morgan fingerprint density at radius 3 is 2.74 bits per heavy atom. The average molecular weight is 431 g/mol. The fourth-order valence-electron chi connectivity index (χ4n) is 4.64. The maximum atomic E-state index is 13.2. The summed E-state index contributed by atoms with van der Waals surface area (Å²) in [4.78, 5) is 17.2. The van der Waals surface area contributed by atoms with Crippen molar-refractivity contribution in [2.24, 2.45) is 11.8 Å². The van der Waals surface area contributed by atoms with Gasteiger partial charge in [-0.25, -0.2) is 4.39 Å². The Bertz CT molecular complexity index is 849. The molecule has 0 spiro atoms. The third-order valence-corrected chi connectivity index (χ3v) is 6.39. The minimum absolute atomic E-state index is 0.227. The van der Waals surface area contributed by atoms with Gasteiger partial charge in [0.1, 0.15) is 12.4 Å². The molecule has 8 heteroatoms. The number of benzene rings is 1. The summed E-state index contributed by atoms with van der Waals surface area (Å²) in [5, 5.41) is 7.62. The van der Waals surface area contributed by atoms with Gasteiger partial charge in [-0.15, -0.1) is 0 Å². The van der Waals surface area contributed by atoms with E-state index in [1.165, 1.54) is 12.1 Å². The maximum Gasteiger partial charge on any atom is 0.222 e. The van der Waals surface area contributed by atoms with Gasteiger partial charge in [-0.05, 0) is 62.0 Å². The third kappa shape index (κ3) is 5.62. The van der Waals surface area contributed by atoms with E-state index in [1.807, 2.05) is 11.0 Å². The lowest BCUT2D eigenvalue weighted by Gasteiger charge is -2.38. The highest BCUT2D eigenvalue weighted by molar-refractivity contribution is 5.77. The number of aromatic nitrogens is 1. The van der Waals surface area contributed by atoms with Gasteiger partial charge in [-0.3, -0.25) is 4.79 Å². The van der Waals surface area contributed by atoms with Crippen LogP contribution in [0.15, 0.2) is 34.9 Å². The molecule has 0 unspecified atom stereocenters. The summed E-state index contributed by atoms with van der Waals surface area (Å²) in [5.41, 5.74) is 1.93. The van der Waals surface area contributed by atoms with Gasteiger partial charge in [0, 0.05) is 51.5 Å². The first-order valence-corrected chi connectivity index (χ1v) is 11.0. The number of ether oxygens (including phenoxy) is 1. The van der Waals surface area contributed by atoms with Gasteiger partial charge in [-0.1, -0.05) is 5.16 Å². The highest BCUT2D eigenvalue weighted by atomic mass is 19.1.